The maximum atomic E-state index is 9.22. The molecular formula is C8H18O4. The van der Waals surface area contributed by atoms with Crippen LogP contribution in [0.15, 0.2) is 0 Å². The lowest BCUT2D eigenvalue weighted by molar-refractivity contribution is -0.0481. The standard InChI is InChI=1S/C8H18O4/c9-6-2-4-7(10)3-1-5-8(11)12/h7-12H,1-6H2. The molecule has 0 aromatic heterocycles. The largest absolute Gasteiger partial charge is 0.396 e. The van der Waals surface area contributed by atoms with Gasteiger partial charge in [0.05, 0.1) is 6.10 Å². The molecule has 1 unspecified atom stereocenters. The highest BCUT2D eigenvalue weighted by Gasteiger charge is 2.04. The summed E-state index contributed by atoms with van der Waals surface area (Å²) in [6.45, 7) is 0.0969. The zero-order valence-corrected chi connectivity index (χ0v) is 7.19. The van der Waals surface area contributed by atoms with Crippen molar-refractivity contribution in [3.8, 4) is 0 Å². The zero-order chi connectivity index (χ0) is 9.40. The minimum absolute atomic E-state index is 0.0969. The molecule has 74 valence electrons. The van der Waals surface area contributed by atoms with Gasteiger partial charge in [0, 0.05) is 6.61 Å². The molecule has 1 atom stereocenters. The van der Waals surface area contributed by atoms with Crippen LogP contribution in [-0.2, 0) is 0 Å². The number of aliphatic hydroxyl groups is 4. The minimum Gasteiger partial charge on any atom is -0.396 e. The SMILES string of the molecule is OCCCC(O)CCCC(O)O. The zero-order valence-electron chi connectivity index (χ0n) is 7.19. The van der Waals surface area contributed by atoms with Gasteiger partial charge in [0.2, 0.25) is 0 Å². The normalized spacial score (nSPS) is 13.8. The third kappa shape index (κ3) is 7.94. The van der Waals surface area contributed by atoms with E-state index in [2.05, 4.69) is 0 Å². The van der Waals surface area contributed by atoms with Gasteiger partial charge in [-0.15, -0.1) is 0 Å². The van der Waals surface area contributed by atoms with Crippen LogP contribution in [-0.4, -0.2) is 39.4 Å². The summed E-state index contributed by atoms with van der Waals surface area (Å²) < 4.78 is 0. The van der Waals surface area contributed by atoms with Crippen LogP contribution >= 0.6 is 0 Å². The van der Waals surface area contributed by atoms with Crippen molar-refractivity contribution in [3.63, 3.8) is 0 Å². The van der Waals surface area contributed by atoms with Gasteiger partial charge in [0.25, 0.3) is 0 Å². The van der Waals surface area contributed by atoms with Crippen LogP contribution in [0.1, 0.15) is 32.1 Å². The summed E-state index contributed by atoms with van der Waals surface area (Å²) in [4.78, 5) is 0. The second-order valence-corrected chi connectivity index (χ2v) is 2.93. The molecule has 12 heavy (non-hydrogen) atoms. The van der Waals surface area contributed by atoms with Gasteiger partial charge in [-0.2, -0.15) is 0 Å². The van der Waals surface area contributed by atoms with Crippen LogP contribution in [0.3, 0.4) is 0 Å². The first-order chi connectivity index (χ1) is 5.66. The lowest BCUT2D eigenvalue weighted by Crippen LogP contribution is -2.10. The van der Waals surface area contributed by atoms with Crippen molar-refractivity contribution in [2.45, 2.75) is 44.5 Å². The first-order valence-electron chi connectivity index (χ1n) is 4.32. The first-order valence-corrected chi connectivity index (χ1v) is 4.32. The Labute approximate surface area is 72.5 Å². The molecule has 0 spiro atoms. The van der Waals surface area contributed by atoms with Gasteiger partial charge in [-0.1, -0.05) is 0 Å². The molecule has 0 aliphatic rings. The Hall–Kier alpha value is -0.160. The third-order valence-electron chi connectivity index (χ3n) is 1.70. The van der Waals surface area contributed by atoms with Crippen LogP contribution in [0.4, 0.5) is 0 Å². The summed E-state index contributed by atoms with van der Waals surface area (Å²) in [5.41, 5.74) is 0. The number of hydrogen-bond acceptors (Lipinski definition) is 4. The average Bonchev–Trinajstić information content (AvgIpc) is 2.00. The number of hydrogen-bond donors (Lipinski definition) is 4. The molecular weight excluding hydrogens is 160 g/mol. The van der Waals surface area contributed by atoms with Crippen LogP contribution < -0.4 is 0 Å². The van der Waals surface area contributed by atoms with Crippen molar-refractivity contribution >= 4 is 0 Å². The number of aliphatic hydroxyl groups excluding tert-OH is 3. The Kier molecular flexibility index (Phi) is 7.39. The van der Waals surface area contributed by atoms with Crippen molar-refractivity contribution in [3.05, 3.63) is 0 Å². The molecule has 0 aliphatic heterocycles. The summed E-state index contributed by atoms with van der Waals surface area (Å²) in [7, 11) is 0. The van der Waals surface area contributed by atoms with Gasteiger partial charge in [-0.3, -0.25) is 0 Å². The molecule has 0 aromatic rings. The van der Waals surface area contributed by atoms with E-state index in [1.807, 2.05) is 0 Å². The van der Waals surface area contributed by atoms with E-state index in [-0.39, 0.29) is 6.61 Å². The van der Waals surface area contributed by atoms with Crippen molar-refractivity contribution < 1.29 is 20.4 Å². The van der Waals surface area contributed by atoms with Crippen LogP contribution in [0.25, 0.3) is 0 Å². The van der Waals surface area contributed by atoms with Gasteiger partial charge in [-0.25, -0.2) is 0 Å². The molecule has 0 fully saturated rings. The Morgan fingerprint density at radius 1 is 0.833 bits per heavy atom. The minimum atomic E-state index is -1.27. The van der Waals surface area contributed by atoms with E-state index in [9.17, 15) is 5.11 Å². The molecule has 0 rings (SSSR count). The molecule has 0 saturated carbocycles. The molecule has 0 bridgehead atoms. The highest BCUT2D eigenvalue weighted by atomic mass is 16.5. The Bertz CT molecular complexity index is 95.1. The van der Waals surface area contributed by atoms with Crippen LogP contribution in [0.5, 0.6) is 0 Å². The second kappa shape index (κ2) is 7.49. The topological polar surface area (TPSA) is 80.9 Å². The average molecular weight is 178 g/mol. The molecule has 4 heteroatoms. The highest BCUT2D eigenvalue weighted by molar-refractivity contribution is 4.56. The van der Waals surface area contributed by atoms with E-state index >= 15 is 0 Å². The van der Waals surface area contributed by atoms with Gasteiger partial charge < -0.3 is 20.4 Å². The summed E-state index contributed by atoms with van der Waals surface area (Å²) in [5, 5.41) is 34.6. The van der Waals surface area contributed by atoms with E-state index in [0.717, 1.165) is 0 Å². The van der Waals surface area contributed by atoms with E-state index in [0.29, 0.717) is 32.1 Å². The molecule has 0 aromatic carbocycles. The Morgan fingerprint density at radius 2 is 1.42 bits per heavy atom. The fourth-order valence-corrected chi connectivity index (χ4v) is 1.01. The molecule has 0 heterocycles. The van der Waals surface area contributed by atoms with Crippen LogP contribution in [0.2, 0.25) is 0 Å². The Morgan fingerprint density at radius 3 is 1.92 bits per heavy atom. The fraction of sp³-hybridized carbons (Fsp3) is 1.00. The van der Waals surface area contributed by atoms with Crippen molar-refractivity contribution in [2.24, 2.45) is 0 Å². The smallest absolute Gasteiger partial charge is 0.151 e. The van der Waals surface area contributed by atoms with Gasteiger partial charge in [0.15, 0.2) is 6.29 Å². The molecule has 0 amide bonds. The van der Waals surface area contributed by atoms with Gasteiger partial charge in [0.1, 0.15) is 0 Å². The van der Waals surface area contributed by atoms with E-state index in [1.165, 1.54) is 0 Å². The quantitative estimate of drug-likeness (QED) is 0.400. The lowest BCUT2D eigenvalue weighted by Gasteiger charge is -2.09. The predicted octanol–water partition coefficient (Wildman–Crippen LogP) is -0.399. The predicted molar refractivity (Wildman–Crippen MR) is 44.4 cm³/mol. The third-order valence-corrected chi connectivity index (χ3v) is 1.70. The number of rotatable bonds is 7. The summed E-state index contributed by atoms with van der Waals surface area (Å²) in [5.74, 6) is 0. The fourth-order valence-electron chi connectivity index (χ4n) is 1.01. The summed E-state index contributed by atoms with van der Waals surface area (Å²) >= 11 is 0. The van der Waals surface area contributed by atoms with Crippen molar-refractivity contribution in [1.82, 2.24) is 0 Å². The van der Waals surface area contributed by atoms with Gasteiger partial charge >= 0.3 is 0 Å². The molecule has 0 aliphatic carbocycles. The summed E-state index contributed by atoms with van der Waals surface area (Å²) in [6.07, 6.45) is 0.963. The van der Waals surface area contributed by atoms with E-state index in [1.54, 1.807) is 0 Å². The van der Waals surface area contributed by atoms with E-state index in [4.69, 9.17) is 15.3 Å². The van der Waals surface area contributed by atoms with Crippen LogP contribution in [0, 0.1) is 0 Å². The lowest BCUT2D eigenvalue weighted by atomic mass is 10.1. The van der Waals surface area contributed by atoms with Crippen molar-refractivity contribution in [1.29, 1.82) is 0 Å². The van der Waals surface area contributed by atoms with E-state index < -0.39 is 12.4 Å². The molecule has 4 N–H and O–H groups in total. The molecule has 0 saturated heterocycles. The van der Waals surface area contributed by atoms with Gasteiger partial charge in [-0.05, 0) is 32.1 Å². The highest BCUT2D eigenvalue weighted by Crippen LogP contribution is 2.07. The molecule has 4 nitrogen and oxygen atoms in total. The maximum Gasteiger partial charge on any atom is 0.151 e. The molecule has 0 radical (unpaired) electrons. The Balaban J connectivity index is 3.13. The first kappa shape index (κ1) is 11.8. The second-order valence-electron chi connectivity index (χ2n) is 2.93. The summed E-state index contributed by atoms with van der Waals surface area (Å²) in [6, 6.07) is 0. The maximum absolute atomic E-state index is 9.22. The monoisotopic (exact) mass is 178 g/mol. The van der Waals surface area contributed by atoms with Crippen molar-refractivity contribution in [2.75, 3.05) is 6.61 Å².